The van der Waals surface area contributed by atoms with E-state index in [1.54, 1.807) is 22.2 Å². The maximum Gasteiger partial charge on any atom is 0.261 e. The molecule has 0 atom stereocenters. The number of carbonyl (C=O) groups is 1. The fourth-order valence-corrected chi connectivity index (χ4v) is 4.91. The Kier molecular flexibility index (Phi) is 4.93. The van der Waals surface area contributed by atoms with E-state index in [0.29, 0.717) is 16.4 Å². The van der Waals surface area contributed by atoms with E-state index in [1.807, 2.05) is 61.5 Å². The van der Waals surface area contributed by atoms with Gasteiger partial charge >= 0.3 is 0 Å². The third-order valence-corrected chi connectivity index (χ3v) is 6.52. The molecule has 150 valence electrons. The molecule has 5 nitrogen and oxygen atoms in total. The van der Waals surface area contributed by atoms with Crippen LogP contribution < -0.4 is 5.32 Å². The molecule has 0 saturated heterocycles. The summed E-state index contributed by atoms with van der Waals surface area (Å²) in [6, 6.07) is 17.9. The van der Waals surface area contributed by atoms with E-state index < -0.39 is 0 Å². The van der Waals surface area contributed by atoms with Crippen molar-refractivity contribution in [2.24, 2.45) is 0 Å². The number of aryl methyl sites for hydroxylation is 3. The van der Waals surface area contributed by atoms with E-state index in [4.69, 9.17) is 5.10 Å². The summed E-state index contributed by atoms with van der Waals surface area (Å²) in [6.45, 7) is 2.04. The first-order chi connectivity index (χ1) is 14.7. The Morgan fingerprint density at radius 2 is 1.80 bits per heavy atom. The summed E-state index contributed by atoms with van der Waals surface area (Å²) in [6.07, 6.45) is 6.24. The van der Waals surface area contributed by atoms with Crippen LogP contribution in [-0.2, 0) is 12.8 Å². The standard InChI is InChI=1S/C24H22N4OS/c1-16-9-5-6-12-18(16)22-19(15-28(27-22)17-10-3-2-4-11-17)23(29)26-24-25-20-13-7-8-14-21(20)30-24/h2-6,9-12,15H,7-8,13-14H2,1H3,(H,25,26,29). The summed E-state index contributed by atoms with van der Waals surface area (Å²) in [5.41, 5.74) is 5.30. The highest BCUT2D eigenvalue weighted by Crippen LogP contribution is 2.31. The molecule has 1 aliphatic rings. The summed E-state index contributed by atoms with van der Waals surface area (Å²) >= 11 is 1.60. The number of anilines is 1. The molecule has 0 unspecified atom stereocenters. The Balaban J connectivity index is 1.54. The monoisotopic (exact) mass is 414 g/mol. The van der Waals surface area contributed by atoms with Crippen molar-refractivity contribution in [1.82, 2.24) is 14.8 Å². The highest BCUT2D eigenvalue weighted by molar-refractivity contribution is 7.15. The molecular formula is C24H22N4OS. The predicted octanol–water partition coefficient (Wildman–Crippen LogP) is 5.44. The first kappa shape index (κ1) is 18.8. The van der Waals surface area contributed by atoms with Crippen molar-refractivity contribution >= 4 is 22.4 Å². The summed E-state index contributed by atoms with van der Waals surface area (Å²) in [5, 5.41) is 8.48. The quantitative estimate of drug-likeness (QED) is 0.484. The number of hydrogen-bond acceptors (Lipinski definition) is 4. The van der Waals surface area contributed by atoms with Gasteiger partial charge in [0.05, 0.1) is 16.9 Å². The Morgan fingerprint density at radius 3 is 2.60 bits per heavy atom. The van der Waals surface area contributed by atoms with Crippen molar-refractivity contribution < 1.29 is 4.79 Å². The second-order valence-corrected chi connectivity index (χ2v) is 8.62. The van der Waals surface area contributed by atoms with E-state index in [9.17, 15) is 4.79 Å². The molecule has 0 bridgehead atoms. The van der Waals surface area contributed by atoms with Crippen molar-refractivity contribution in [3.63, 3.8) is 0 Å². The van der Waals surface area contributed by atoms with Gasteiger partial charge in [0.15, 0.2) is 5.13 Å². The van der Waals surface area contributed by atoms with Crippen LogP contribution in [0.15, 0.2) is 60.8 Å². The third kappa shape index (κ3) is 3.55. The van der Waals surface area contributed by atoms with Crippen LogP contribution in [0.2, 0.25) is 0 Å². The average Bonchev–Trinajstić information content (AvgIpc) is 3.39. The molecule has 1 aliphatic carbocycles. The lowest BCUT2D eigenvalue weighted by Crippen LogP contribution is -2.12. The lowest BCUT2D eigenvalue weighted by molar-refractivity contribution is 0.102. The van der Waals surface area contributed by atoms with Crippen molar-refractivity contribution in [1.29, 1.82) is 0 Å². The lowest BCUT2D eigenvalue weighted by Gasteiger charge is -2.06. The molecule has 0 saturated carbocycles. The molecule has 0 radical (unpaired) electrons. The van der Waals surface area contributed by atoms with Crippen LogP contribution in [0.1, 0.15) is 39.3 Å². The van der Waals surface area contributed by atoms with Crippen molar-refractivity contribution in [2.75, 3.05) is 5.32 Å². The maximum atomic E-state index is 13.3. The van der Waals surface area contributed by atoms with Gasteiger partial charge in [-0.25, -0.2) is 9.67 Å². The zero-order chi connectivity index (χ0) is 20.5. The summed E-state index contributed by atoms with van der Waals surface area (Å²) in [5.74, 6) is -0.179. The number of nitrogens with one attached hydrogen (secondary N) is 1. The van der Waals surface area contributed by atoms with Gasteiger partial charge in [0.25, 0.3) is 5.91 Å². The number of amides is 1. The van der Waals surface area contributed by atoms with Crippen LogP contribution in [0.25, 0.3) is 16.9 Å². The highest BCUT2D eigenvalue weighted by Gasteiger charge is 2.22. The fraction of sp³-hybridized carbons (Fsp3) is 0.208. The number of aromatic nitrogens is 3. The molecule has 4 aromatic rings. The van der Waals surface area contributed by atoms with Crippen molar-refractivity contribution in [3.05, 3.63) is 82.5 Å². The minimum absolute atomic E-state index is 0.179. The van der Waals surface area contributed by atoms with Crippen molar-refractivity contribution in [3.8, 4) is 16.9 Å². The number of nitrogens with zero attached hydrogens (tertiary/aromatic N) is 3. The van der Waals surface area contributed by atoms with Gasteiger partial charge in [-0.15, -0.1) is 11.3 Å². The lowest BCUT2D eigenvalue weighted by atomic mass is 10.0. The second-order valence-electron chi connectivity index (χ2n) is 7.54. The molecule has 2 aromatic heterocycles. The van der Waals surface area contributed by atoms with Gasteiger partial charge in [0, 0.05) is 16.6 Å². The highest BCUT2D eigenvalue weighted by atomic mass is 32.1. The van der Waals surface area contributed by atoms with Gasteiger partial charge in [-0.3, -0.25) is 10.1 Å². The Bertz CT molecular complexity index is 1190. The summed E-state index contributed by atoms with van der Waals surface area (Å²) in [4.78, 5) is 19.2. The van der Waals surface area contributed by atoms with E-state index >= 15 is 0 Å². The zero-order valence-corrected chi connectivity index (χ0v) is 17.6. The predicted molar refractivity (Wildman–Crippen MR) is 120 cm³/mol. The normalized spacial score (nSPS) is 13.1. The first-order valence-electron chi connectivity index (χ1n) is 10.2. The molecule has 1 N–H and O–H groups in total. The number of benzene rings is 2. The van der Waals surface area contributed by atoms with Gasteiger partial charge < -0.3 is 0 Å². The number of fused-ring (bicyclic) bond motifs is 1. The number of carbonyl (C=O) groups excluding carboxylic acids is 1. The van der Waals surface area contributed by atoms with E-state index in [-0.39, 0.29) is 5.91 Å². The molecule has 0 aliphatic heterocycles. The van der Waals surface area contributed by atoms with Crippen molar-refractivity contribution in [2.45, 2.75) is 32.6 Å². The van der Waals surface area contributed by atoms with Gasteiger partial charge in [0.1, 0.15) is 5.69 Å². The van der Waals surface area contributed by atoms with Crippen LogP contribution in [0, 0.1) is 6.92 Å². The first-order valence-corrected chi connectivity index (χ1v) is 11.0. The number of rotatable bonds is 4. The fourth-order valence-electron chi connectivity index (χ4n) is 3.86. The molecule has 5 rings (SSSR count). The zero-order valence-electron chi connectivity index (χ0n) is 16.8. The Morgan fingerprint density at radius 1 is 1.03 bits per heavy atom. The van der Waals surface area contributed by atoms with E-state index in [0.717, 1.165) is 35.3 Å². The molecule has 30 heavy (non-hydrogen) atoms. The average molecular weight is 415 g/mol. The molecule has 1 amide bonds. The number of para-hydroxylation sites is 1. The molecule has 0 spiro atoms. The minimum Gasteiger partial charge on any atom is -0.298 e. The molecule has 0 fully saturated rings. The number of thiazole rings is 1. The van der Waals surface area contributed by atoms with E-state index in [2.05, 4.69) is 10.3 Å². The van der Waals surface area contributed by atoms with Gasteiger partial charge in [-0.1, -0.05) is 42.5 Å². The van der Waals surface area contributed by atoms with Gasteiger partial charge in [-0.2, -0.15) is 5.10 Å². The van der Waals surface area contributed by atoms with Gasteiger partial charge in [0.2, 0.25) is 0 Å². The minimum atomic E-state index is -0.179. The maximum absolute atomic E-state index is 13.3. The SMILES string of the molecule is Cc1ccccc1-c1nn(-c2ccccc2)cc1C(=O)Nc1nc2c(s1)CCCC2. The van der Waals surface area contributed by atoms with Crippen LogP contribution in [-0.4, -0.2) is 20.7 Å². The summed E-state index contributed by atoms with van der Waals surface area (Å²) < 4.78 is 1.77. The largest absolute Gasteiger partial charge is 0.298 e. The molecule has 2 aromatic carbocycles. The molecule has 6 heteroatoms. The Labute approximate surface area is 179 Å². The topological polar surface area (TPSA) is 59.8 Å². The van der Waals surface area contributed by atoms with Crippen LogP contribution in [0.5, 0.6) is 0 Å². The summed E-state index contributed by atoms with van der Waals surface area (Å²) in [7, 11) is 0. The van der Waals surface area contributed by atoms with Crippen LogP contribution >= 0.6 is 11.3 Å². The third-order valence-electron chi connectivity index (χ3n) is 5.45. The van der Waals surface area contributed by atoms with Crippen LogP contribution in [0.3, 0.4) is 0 Å². The van der Waals surface area contributed by atoms with Crippen LogP contribution in [0.4, 0.5) is 5.13 Å². The second kappa shape index (κ2) is 7.88. The van der Waals surface area contributed by atoms with Gasteiger partial charge in [-0.05, 0) is 50.3 Å². The molecule has 2 heterocycles. The molecular weight excluding hydrogens is 392 g/mol. The smallest absolute Gasteiger partial charge is 0.261 e. The number of hydrogen-bond donors (Lipinski definition) is 1. The van der Waals surface area contributed by atoms with E-state index in [1.165, 1.54) is 17.7 Å². The Hall–Kier alpha value is -3.25.